The van der Waals surface area contributed by atoms with Gasteiger partial charge in [0.15, 0.2) is 11.4 Å². The number of carbonyl (C=O) groups is 2. The van der Waals surface area contributed by atoms with Gasteiger partial charge in [-0.1, -0.05) is 0 Å². The number of Topliss-reactive ketones (excluding diaryl/α,β-unsaturated/α-hetero) is 2. The van der Waals surface area contributed by atoms with E-state index >= 15 is 0 Å². The quantitative estimate of drug-likeness (QED) is 0.703. The third-order valence-electron chi connectivity index (χ3n) is 2.72. The molecule has 0 bridgehead atoms. The molecule has 1 saturated heterocycles. The molecule has 0 aromatic rings. The fourth-order valence-electron chi connectivity index (χ4n) is 2.06. The Kier molecular flexibility index (Phi) is 4.21. The van der Waals surface area contributed by atoms with E-state index in [0.29, 0.717) is 0 Å². The standard InChI is InChI=1S/C13H14O6/c1-9-13(11(17)5-7-15,8-10(16)4-6-14)19-12(2,3)18-9/h9,14-15H,8H2,1-3H3/t9?,13-/m1/s1. The normalized spacial score (nSPS) is 27.6. The van der Waals surface area contributed by atoms with E-state index in [1.807, 2.05) is 11.8 Å². The molecule has 1 unspecified atom stereocenters. The maximum Gasteiger partial charge on any atom is 0.243 e. The SMILES string of the molecule is CC1OC(C)(C)O[C@@]1(CC(=O)C#CO)C(=O)C#CO. The Balaban J connectivity index is 3.17. The van der Waals surface area contributed by atoms with Gasteiger partial charge in [0, 0.05) is 11.8 Å². The second kappa shape index (κ2) is 5.31. The second-order valence-electron chi connectivity index (χ2n) is 4.55. The lowest BCUT2D eigenvalue weighted by atomic mass is 9.87. The van der Waals surface area contributed by atoms with Gasteiger partial charge in [0.2, 0.25) is 11.6 Å². The van der Waals surface area contributed by atoms with E-state index in [1.54, 1.807) is 20.8 Å². The van der Waals surface area contributed by atoms with Crippen molar-refractivity contribution in [1.29, 1.82) is 0 Å². The van der Waals surface area contributed by atoms with E-state index in [0.717, 1.165) is 0 Å². The summed E-state index contributed by atoms with van der Waals surface area (Å²) in [6.07, 6.45) is 1.80. The second-order valence-corrected chi connectivity index (χ2v) is 4.55. The first-order chi connectivity index (χ1) is 8.77. The van der Waals surface area contributed by atoms with Gasteiger partial charge in [-0.05, 0) is 20.8 Å². The van der Waals surface area contributed by atoms with Crippen molar-refractivity contribution in [2.75, 3.05) is 0 Å². The van der Waals surface area contributed by atoms with Crippen LogP contribution in [0.15, 0.2) is 0 Å². The molecule has 2 atom stereocenters. The molecule has 0 radical (unpaired) electrons. The van der Waals surface area contributed by atoms with Gasteiger partial charge < -0.3 is 19.7 Å². The molecule has 6 nitrogen and oxygen atoms in total. The van der Waals surface area contributed by atoms with Crippen LogP contribution in [0.5, 0.6) is 0 Å². The predicted octanol–water partition coefficient (Wildman–Crippen LogP) is 0.0917. The molecule has 0 amide bonds. The highest BCUT2D eigenvalue weighted by Crippen LogP contribution is 2.39. The summed E-state index contributed by atoms with van der Waals surface area (Å²) < 4.78 is 11.0. The minimum Gasteiger partial charge on any atom is -0.462 e. The molecule has 6 heteroatoms. The molecule has 1 aliphatic heterocycles. The third kappa shape index (κ3) is 3.05. The van der Waals surface area contributed by atoms with Gasteiger partial charge in [0.05, 0.1) is 12.5 Å². The molecule has 0 spiro atoms. The van der Waals surface area contributed by atoms with Crippen LogP contribution in [-0.4, -0.2) is 39.3 Å². The minimum atomic E-state index is -1.64. The molecule has 1 fully saturated rings. The third-order valence-corrected chi connectivity index (χ3v) is 2.72. The monoisotopic (exact) mass is 266 g/mol. The number of hydrogen-bond donors (Lipinski definition) is 2. The topological polar surface area (TPSA) is 93.1 Å². The van der Waals surface area contributed by atoms with Crippen molar-refractivity contribution >= 4 is 11.6 Å². The number of hydrogen-bond acceptors (Lipinski definition) is 6. The van der Waals surface area contributed by atoms with Crippen LogP contribution in [0.1, 0.15) is 27.2 Å². The van der Waals surface area contributed by atoms with Gasteiger partial charge in [-0.3, -0.25) is 9.59 Å². The van der Waals surface area contributed by atoms with E-state index in [1.165, 1.54) is 12.2 Å². The maximum atomic E-state index is 12.0. The first kappa shape index (κ1) is 15.0. The summed E-state index contributed by atoms with van der Waals surface area (Å²) in [5, 5.41) is 16.9. The van der Waals surface area contributed by atoms with Crippen molar-refractivity contribution in [2.24, 2.45) is 0 Å². The van der Waals surface area contributed by atoms with Gasteiger partial charge in [0.1, 0.15) is 12.2 Å². The summed E-state index contributed by atoms with van der Waals surface area (Å²) in [6, 6.07) is 0. The lowest BCUT2D eigenvalue weighted by Crippen LogP contribution is -2.48. The van der Waals surface area contributed by atoms with Crippen LogP contribution in [0, 0.1) is 24.1 Å². The first-order valence-corrected chi connectivity index (χ1v) is 5.53. The van der Waals surface area contributed by atoms with Crippen molar-refractivity contribution in [3.8, 4) is 24.1 Å². The Morgan fingerprint density at radius 2 is 1.79 bits per heavy atom. The molecular weight excluding hydrogens is 252 g/mol. The fraction of sp³-hybridized carbons (Fsp3) is 0.538. The van der Waals surface area contributed by atoms with Gasteiger partial charge in [-0.25, -0.2) is 0 Å². The largest absolute Gasteiger partial charge is 0.462 e. The number of aliphatic hydroxyl groups is 2. The average molecular weight is 266 g/mol. The van der Waals surface area contributed by atoms with Crippen LogP contribution >= 0.6 is 0 Å². The molecule has 1 aliphatic rings. The predicted molar refractivity (Wildman–Crippen MR) is 62.5 cm³/mol. The highest BCUT2D eigenvalue weighted by Gasteiger charge is 2.56. The Morgan fingerprint density at radius 3 is 2.21 bits per heavy atom. The van der Waals surface area contributed by atoms with Crippen LogP contribution in [0.3, 0.4) is 0 Å². The Labute approximate surface area is 110 Å². The van der Waals surface area contributed by atoms with Gasteiger partial charge >= 0.3 is 0 Å². The highest BCUT2D eigenvalue weighted by atomic mass is 16.8. The first-order valence-electron chi connectivity index (χ1n) is 5.53. The molecule has 0 aliphatic carbocycles. The summed E-state index contributed by atoms with van der Waals surface area (Å²) in [7, 11) is 0. The molecule has 0 aromatic carbocycles. The van der Waals surface area contributed by atoms with Gasteiger partial charge in [-0.2, -0.15) is 0 Å². The van der Waals surface area contributed by atoms with Crippen LogP contribution < -0.4 is 0 Å². The molecule has 19 heavy (non-hydrogen) atoms. The molecule has 102 valence electrons. The summed E-state index contributed by atoms with van der Waals surface area (Å²) in [5.74, 6) is 1.31. The Hall–Kier alpha value is -2.02. The molecule has 1 heterocycles. The number of ketones is 2. The zero-order valence-corrected chi connectivity index (χ0v) is 10.8. The van der Waals surface area contributed by atoms with E-state index in [9.17, 15) is 9.59 Å². The average Bonchev–Trinajstić information content (AvgIpc) is 2.50. The molecule has 2 N–H and O–H groups in total. The number of carbonyl (C=O) groups excluding carboxylic acids is 2. The molecule has 0 saturated carbocycles. The Morgan fingerprint density at radius 1 is 1.21 bits per heavy atom. The summed E-state index contributed by atoms with van der Waals surface area (Å²) in [5.41, 5.74) is -1.64. The summed E-state index contributed by atoms with van der Waals surface area (Å²) in [4.78, 5) is 23.5. The molecular formula is C13H14O6. The maximum absolute atomic E-state index is 12.0. The van der Waals surface area contributed by atoms with Crippen LogP contribution in [0.2, 0.25) is 0 Å². The van der Waals surface area contributed by atoms with E-state index in [-0.39, 0.29) is 0 Å². The number of rotatable bonds is 3. The number of aliphatic hydroxyl groups excluding tert-OH is 2. The van der Waals surface area contributed by atoms with Crippen molar-refractivity contribution in [1.82, 2.24) is 0 Å². The lowest BCUT2D eigenvalue weighted by Gasteiger charge is -2.26. The highest BCUT2D eigenvalue weighted by molar-refractivity contribution is 6.07. The van der Waals surface area contributed by atoms with Crippen LogP contribution in [0.25, 0.3) is 0 Å². The van der Waals surface area contributed by atoms with E-state index in [2.05, 4.69) is 0 Å². The number of ether oxygens (including phenoxy) is 2. The zero-order valence-electron chi connectivity index (χ0n) is 10.8. The molecule has 0 aromatic heterocycles. The van der Waals surface area contributed by atoms with Gasteiger partial charge in [-0.15, -0.1) is 0 Å². The Bertz CT molecular complexity index is 513. The van der Waals surface area contributed by atoms with Crippen LogP contribution in [0.4, 0.5) is 0 Å². The van der Waals surface area contributed by atoms with Crippen molar-refractivity contribution in [3.05, 3.63) is 0 Å². The van der Waals surface area contributed by atoms with E-state index < -0.39 is 35.5 Å². The van der Waals surface area contributed by atoms with Gasteiger partial charge in [0.25, 0.3) is 0 Å². The summed E-state index contributed by atoms with van der Waals surface area (Å²) >= 11 is 0. The zero-order chi connectivity index (χ0) is 14.7. The van der Waals surface area contributed by atoms with Crippen molar-refractivity contribution < 1.29 is 29.3 Å². The van der Waals surface area contributed by atoms with Crippen molar-refractivity contribution in [3.63, 3.8) is 0 Å². The van der Waals surface area contributed by atoms with Crippen molar-refractivity contribution in [2.45, 2.75) is 44.7 Å². The van der Waals surface area contributed by atoms with E-state index in [4.69, 9.17) is 19.7 Å². The lowest BCUT2D eigenvalue weighted by molar-refractivity contribution is -0.171. The minimum absolute atomic E-state index is 0.418. The smallest absolute Gasteiger partial charge is 0.243 e. The molecule has 1 rings (SSSR count). The van der Waals surface area contributed by atoms with Crippen LogP contribution in [-0.2, 0) is 19.1 Å². The summed E-state index contributed by atoms with van der Waals surface area (Å²) in [6.45, 7) is 4.74. The fourth-order valence-corrected chi connectivity index (χ4v) is 2.06.